The summed E-state index contributed by atoms with van der Waals surface area (Å²) in [4.78, 5) is 24.3. The summed E-state index contributed by atoms with van der Waals surface area (Å²) in [5.41, 5.74) is 1.79. The van der Waals surface area contributed by atoms with E-state index in [2.05, 4.69) is 5.32 Å². The van der Waals surface area contributed by atoms with E-state index in [1.54, 1.807) is 13.1 Å². The maximum Gasteiger partial charge on any atom is 0.328 e. The van der Waals surface area contributed by atoms with Crippen molar-refractivity contribution in [3.8, 4) is 0 Å². The number of halogens is 1. The van der Waals surface area contributed by atoms with Gasteiger partial charge in [-0.05, 0) is 24.6 Å². The van der Waals surface area contributed by atoms with Crippen LogP contribution in [-0.2, 0) is 4.79 Å². The summed E-state index contributed by atoms with van der Waals surface area (Å²) in [5.74, 6) is -0.169. The van der Waals surface area contributed by atoms with Crippen molar-refractivity contribution in [2.75, 3.05) is 17.8 Å². The minimum absolute atomic E-state index is 0.134. The van der Waals surface area contributed by atoms with Crippen LogP contribution in [0, 0.1) is 6.92 Å². The standard InChI is InChI=1S/C12H15ClN2O2/c1-9-4-3-5-10(8-9)15(2)12(17)14-11(16)6-7-13/h3-5,8H,6-7H2,1-2H3,(H,14,16,17). The van der Waals surface area contributed by atoms with E-state index in [1.165, 1.54) is 4.90 Å². The van der Waals surface area contributed by atoms with Crippen LogP contribution in [0.15, 0.2) is 24.3 Å². The molecule has 0 unspecified atom stereocenters. The van der Waals surface area contributed by atoms with Gasteiger partial charge in [0, 0.05) is 25.0 Å². The second-order valence-corrected chi connectivity index (χ2v) is 4.07. The van der Waals surface area contributed by atoms with E-state index >= 15 is 0 Å². The molecule has 92 valence electrons. The molecule has 17 heavy (non-hydrogen) atoms. The summed E-state index contributed by atoms with van der Waals surface area (Å²) in [6.07, 6.45) is 0.134. The lowest BCUT2D eigenvalue weighted by atomic mass is 10.2. The molecule has 0 aliphatic rings. The number of carbonyl (C=O) groups is 2. The van der Waals surface area contributed by atoms with E-state index in [4.69, 9.17) is 11.6 Å². The molecule has 0 radical (unpaired) electrons. The van der Waals surface area contributed by atoms with Gasteiger partial charge in [0.05, 0.1) is 0 Å². The largest absolute Gasteiger partial charge is 0.328 e. The van der Waals surface area contributed by atoms with Crippen LogP contribution >= 0.6 is 11.6 Å². The third kappa shape index (κ3) is 4.07. The second kappa shape index (κ2) is 6.25. The number of benzene rings is 1. The number of anilines is 1. The summed E-state index contributed by atoms with van der Waals surface area (Å²) >= 11 is 5.41. The molecule has 4 nitrogen and oxygen atoms in total. The van der Waals surface area contributed by atoms with Crippen LogP contribution in [-0.4, -0.2) is 24.9 Å². The zero-order valence-corrected chi connectivity index (χ0v) is 10.6. The Morgan fingerprint density at radius 3 is 2.71 bits per heavy atom. The highest BCUT2D eigenvalue weighted by molar-refractivity contribution is 6.19. The summed E-state index contributed by atoms with van der Waals surface area (Å²) in [6, 6.07) is 7.01. The normalized spacial score (nSPS) is 9.82. The van der Waals surface area contributed by atoms with Crippen molar-refractivity contribution < 1.29 is 9.59 Å². The third-order valence-electron chi connectivity index (χ3n) is 2.26. The maximum atomic E-state index is 11.7. The van der Waals surface area contributed by atoms with Crippen LogP contribution in [0.2, 0.25) is 0 Å². The van der Waals surface area contributed by atoms with Crippen molar-refractivity contribution in [2.45, 2.75) is 13.3 Å². The Hall–Kier alpha value is -1.55. The molecule has 1 aromatic carbocycles. The lowest BCUT2D eigenvalue weighted by Gasteiger charge is -2.17. The minimum atomic E-state index is -0.453. The fourth-order valence-corrected chi connectivity index (χ4v) is 1.48. The molecule has 5 heteroatoms. The predicted molar refractivity (Wildman–Crippen MR) is 68.5 cm³/mol. The molecule has 0 saturated carbocycles. The monoisotopic (exact) mass is 254 g/mol. The predicted octanol–water partition coefficient (Wildman–Crippen LogP) is 2.30. The van der Waals surface area contributed by atoms with E-state index in [1.807, 2.05) is 25.1 Å². The number of nitrogens with one attached hydrogen (secondary N) is 1. The number of aryl methyl sites for hydroxylation is 1. The number of imide groups is 1. The molecule has 0 heterocycles. The average molecular weight is 255 g/mol. The lowest BCUT2D eigenvalue weighted by Crippen LogP contribution is -2.40. The van der Waals surface area contributed by atoms with E-state index in [0.717, 1.165) is 11.3 Å². The Bertz CT molecular complexity index is 421. The molecule has 0 fully saturated rings. The van der Waals surface area contributed by atoms with Gasteiger partial charge in [0.15, 0.2) is 0 Å². The SMILES string of the molecule is Cc1cccc(N(C)C(=O)NC(=O)CCCl)c1. The molecule has 0 aliphatic heterocycles. The average Bonchev–Trinajstić information content (AvgIpc) is 2.28. The molecule has 0 atom stereocenters. The smallest absolute Gasteiger partial charge is 0.297 e. The van der Waals surface area contributed by atoms with E-state index in [0.29, 0.717) is 0 Å². The first-order valence-electron chi connectivity index (χ1n) is 5.24. The summed E-state index contributed by atoms with van der Waals surface area (Å²) in [7, 11) is 1.61. The van der Waals surface area contributed by atoms with Crippen molar-refractivity contribution in [3.05, 3.63) is 29.8 Å². The van der Waals surface area contributed by atoms with Gasteiger partial charge < -0.3 is 0 Å². The number of amides is 3. The highest BCUT2D eigenvalue weighted by Gasteiger charge is 2.13. The summed E-state index contributed by atoms with van der Waals surface area (Å²) in [6.45, 7) is 1.94. The van der Waals surface area contributed by atoms with Crippen molar-refractivity contribution in [1.29, 1.82) is 0 Å². The first kappa shape index (κ1) is 13.5. The quantitative estimate of drug-likeness (QED) is 0.842. The summed E-state index contributed by atoms with van der Waals surface area (Å²) < 4.78 is 0. The first-order chi connectivity index (χ1) is 8.04. The molecule has 0 saturated heterocycles. The highest BCUT2D eigenvalue weighted by Crippen LogP contribution is 2.14. The molecular formula is C12H15ClN2O2. The minimum Gasteiger partial charge on any atom is -0.297 e. The zero-order chi connectivity index (χ0) is 12.8. The third-order valence-corrected chi connectivity index (χ3v) is 2.45. The van der Waals surface area contributed by atoms with Crippen molar-refractivity contribution >= 4 is 29.2 Å². The topological polar surface area (TPSA) is 49.4 Å². The fourth-order valence-electron chi connectivity index (χ4n) is 1.31. The number of hydrogen-bond donors (Lipinski definition) is 1. The molecule has 0 aliphatic carbocycles. The van der Waals surface area contributed by atoms with Gasteiger partial charge in [-0.15, -0.1) is 11.6 Å². The zero-order valence-electron chi connectivity index (χ0n) is 9.87. The second-order valence-electron chi connectivity index (χ2n) is 3.69. The molecular weight excluding hydrogens is 240 g/mol. The Morgan fingerprint density at radius 2 is 2.12 bits per heavy atom. The van der Waals surface area contributed by atoms with Crippen molar-refractivity contribution in [1.82, 2.24) is 5.32 Å². The fraction of sp³-hybridized carbons (Fsp3) is 0.333. The highest BCUT2D eigenvalue weighted by atomic mass is 35.5. The van der Waals surface area contributed by atoms with Gasteiger partial charge in [-0.25, -0.2) is 4.79 Å². The van der Waals surface area contributed by atoms with Gasteiger partial charge in [-0.2, -0.15) is 0 Å². The Morgan fingerprint density at radius 1 is 1.41 bits per heavy atom. The van der Waals surface area contributed by atoms with Crippen LogP contribution in [0.5, 0.6) is 0 Å². The Kier molecular flexibility index (Phi) is 4.97. The van der Waals surface area contributed by atoms with Gasteiger partial charge in [0.2, 0.25) is 5.91 Å². The van der Waals surface area contributed by atoms with Crippen molar-refractivity contribution in [2.24, 2.45) is 0 Å². The number of urea groups is 1. The molecule has 1 N–H and O–H groups in total. The lowest BCUT2D eigenvalue weighted by molar-refractivity contribution is -0.119. The Balaban J connectivity index is 2.67. The maximum absolute atomic E-state index is 11.7. The van der Waals surface area contributed by atoms with Crippen LogP contribution in [0.4, 0.5) is 10.5 Å². The van der Waals surface area contributed by atoms with Crippen LogP contribution in [0.3, 0.4) is 0 Å². The van der Waals surface area contributed by atoms with E-state index in [-0.39, 0.29) is 18.2 Å². The molecule has 3 amide bonds. The molecule has 1 rings (SSSR count). The van der Waals surface area contributed by atoms with Crippen LogP contribution in [0.25, 0.3) is 0 Å². The van der Waals surface area contributed by atoms with E-state index in [9.17, 15) is 9.59 Å². The summed E-state index contributed by atoms with van der Waals surface area (Å²) in [5, 5.41) is 2.26. The molecule has 0 aromatic heterocycles. The number of carbonyl (C=O) groups excluding carboxylic acids is 2. The van der Waals surface area contributed by atoms with Gasteiger partial charge in [-0.3, -0.25) is 15.0 Å². The number of rotatable bonds is 3. The number of hydrogen-bond acceptors (Lipinski definition) is 2. The van der Waals surface area contributed by atoms with Crippen LogP contribution in [0.1, 0.15) is 12.0 Å². The van der Waals surface area contributed by atoms with Gasteiger partial charge >= 0.3 is 6.03 Å². The van der Waals surface area contributed by atoms with Gasteiger partial charge in [0.1, 0.15) is 0 Å². The molecule has 0 spiro atoms. The van der Waals surface area contributed by atoms with Crippen molar-refractivity contribution in [3.63, 3.8) is 0 Å². The molecule has 0 bridgehead atoms. The number of nitrogens with zero attached hydrogens (tertiary/aromatic N) is 1. The van der Waals surface area contributed by atoms with E-state index < -0.39 is 6.03 Å². The first-order valence-corrected chi connectivity index (χ1v) is 5.78. The Labute approximate surface area is 106 Å². The molecule has 1 aromatic rings. The van der Waals surface area contributed by atoms with Gasteiger partial charge in [-0.1, -0.05) is 12.1 Å². The number of alkyl halides is 1. The van der Waals surface area contributed by atoms with Gasteiger partial charge in [0.25, 0.3) is 0 Å². The van der Waals surface area contributed by atoms with Crippen LogP contribution < -0.4 is 10.2 Å².